The maximum absolute atomic E-state index is 12.9. The molecule has 1 aromatic rings. The summed E-state index contributed by atoms with van der Waals surface area (Å²) in [6, 6.07) is 4.85. The number of nitrogens with zero attached hydrogens (tertiary/aromatic N) is 1. The molecule has 0 saturated heterocycles. The van der Waals surface area contributed by atoms with Crippen molar-refractivity contribution >= 4 is 21.8 Å². The molecule has 0 bridgehead atoms. The van der Waals surface area contributed by atoms with E-state index in [1.165, 1.54) is 12.1 Å². The summed E-state index contributed by atoms with van der Waals surface area (Å²) in [6.07, 6.45) is 0.537. The van der Waals surface area contributed by atoms with Crippen molar-refractivity contribution in [1.82, 2.24) is 4.90 Å². The van der Waals surface area contributed by atoms with Gasteiger partial charge in [-0.15, -0.1) is 0 Å². The third-order valence-electron chi connectivity index (χ3n) is 2.70. The van der Waals surface area contributed by atoms with Gasteiger partial charge < -0.3 is 5.73 Å². The molecule has 17 heavy (non-hydrogen) atoms. The highest BCUT2D eigenvalue weighted by molar-refractivity contribution is 9.10. The number of benzene rings is 1. The maximum Gasteiger partial charge on any atom is 0.124 e. The molecule has 0 aromatic heterocycles. The van der Waals surface area contributed by atoms with Gasteiger partial charge in [-0.1, -0.05) is 22.0 Å². The molecule has 3 N–H and O–H groups in total. The number of nitrogens with two attached hydrogens (primary N) is 1. The molecule has 0 radical (unpaired) electrons. The van der Waals surface area contributed by atoms with Gasteiger partial charge in [-0.25, -0.2) is 4.39 Å². The summed E-state index contributed by atoms with van der Waals surface area (Å²) in [7, 11) is 1.96. The molecule has 1 rings (SSSR count). The van der Waals surface area contributed by atoms with Crippen molar-refractivity contribution in [2.75, 3.05) is 7.05 Å². The Bertz CT molecular complexity index is 409. The van der Waals surface area contributed by atoms with Crippen LogP contribution in [0.3, 0.4) is 0 Å². The van der Waals surface area contributed by atoms with Crippen LogP contribution in [-0.4, -0.2) is 23.8 Å². The van der Waals surface area contributed by atoms with Crippen molar-refractivity contribution in [1.29, 1.82) is 5.41 Å². The van der Waals surface area contributed by atoms with Crippen molar-refractivity contribution in [2.24, 2.45) is 5.73 Å². The molecule has 1 atom stereocenters. The number of hydrogen-bond donors (Lipinski definition) is 2. The minimum Gasteiger partial charge on any atom is -0.388 e. The normalized spacial score (nSPS) is 12.8. The van der Waals surface area contributed by atoms with Crippen LogP contribution in [0, 0.1) is 11.2 Å². The molecule has 0 fully saturated rings. The number of rotatable bonds is 5. The van der Waals surface area contributed by atoms with Crippen LogP contribution in [0.2, 0.25) is 0 Å². The number of halogens is 2. The predicted molar refractivity (Wildman–Crippen MR) is 71.6 cm³/mol. The Labute approximate surface area is 109 Å². The average Bonchev–Trinajstić information content (AvgIpc) is 2.21. The number of amidine groups is 1. The van der Waals surface area contributed by atoms with E-state index in [0.717, 1.165) is 10.0 Å². The molecule has 1 unspecified atom stereocenters. The summed E-state index contributed by atoms with van der Waals surface area (Å²) in [6.45, 7) is 2.70. The van der Waals surface area contributed by atoms with Gasteiger partial charge in [0.15, 0.2) is 0 Å². The lowest BCUT2D eigenvalue weighted by atomic mass is 10.1. The highest BCUT2D eigenvalue weighted by Gasteiger charge is 2.12. The van der Waals surface area contributed by atoms with Gasteiger partial charge in [0, 0.05) is 23.5 Å². The van der Waals surface area contributed by atoms with E-state index in [1.807, 2.05) is 14.0 Å². The lowest BCUT2D eigenvalue weighted by Gasteiger charge is -2.24. The third-order valence-corrected chi connectivity index (χ3v) is 3.44. The third kappa shape index (κ3) is 4.44. The number of nitrogens with one attached hydrogen (secondary N) is 1. The lowest BCUT2D eigenvalue weighted by Crippen LogP contribution is -2.32. The van der Waals surface area contributed by atoms with Crippen LogP contribution >= 0.6 is 15.9 Å². The molecule has 0 heterocycles. The summed E-state index contributed by atoms with van der Waals surface area (Å²) in [5.41, 5.74) is 6.39. The summed E-state index contributed by atoms with van der Waals surface area (Å²) >= 11 is 3.34. The van der Waals surface area contributed by atoms with Crippen molar-refractivity contribution in [3.05, 3.63) is 34.1 Å². The van der Waals surface area contributed by atoms with Gasteiger partial charge in [0.25, 0.3) is 0 Å². The van der Waals surface area contributed by atoms with E-state index >= 15 is 0 Å². The fraction of sp³-hybridized carbons (Fsp3) is 0.417. The minimum atomic E-state index is -0.250. The van der Waals surface area contributed by atoms with Gasteiger partial charge >= 0.3 is 0 Å². The molecule has 1 aromatic carbocycles. The molecule has 0 aliphatic carbocycles. The Hall–Kier alpha value is -0.940. The Morgan fingerprint density at radius 2 is 2.24 bits per heavy atom. The van der Waals surface area contributed by atoms with Crippen LogP contribution in [0.25, 0.3) is 0 Å². The van der Waals surface area contributed by atoms with Crippen LogP contribution in [0.1, 0.15) is 18.9 Å². The SMILES string of the molecule is CC(CC(=N)N)N(C)Cc1ccc(F)cc1Br. The first-order valence-corrected chi connectivity index (χ1v) is 6.16. The Morgan fingerprint density at radius 3 is 2.76 bits per heavy atom. The smallest absolute Gasteiger partial charge is 0.124 e. The highest BCUT2D eigenvalue weighted by Crippen LogP contribution is 2.20. The standard InChI is InChI=1S/C12H17BrFN3/c1-8(5-12(15)16)17(2)7-9-3-4-10(14)6-11(9)13/h3-4,6,8H,5,7H2,1-2H3,(H3,15,16). The Balaban J connectivity index is 2.67. The van der Waals surface area contributed by atoms with E-state index in [0.29, 0.717) is 13.0 Å². The van der Waals surface area contributed by atoms with E-state index in [1.54, 1.807) is 6.07 Å². The topological polar surface area (TPSA) is 53.1 Å². The van der Waals surface area contributed by atoms with Crippen molar-refractivity contribution in [3.63, 3.8) is 0 Å². The monoisotopic (exact) mass is 301 g/mol. The van der Waals surface area contributed by atoms with Gasteiger partial charge in [-0.2, -0.15) is 0 Å². The van der Waals surface area contributed by atoms with Crippen molar-refractivity contribution < 1.29 is 4.39 Å². The summed E-state index contributed by atoms with van der Waals surface area (Å²) in [5.74, 6) is -0.0671. The molecule has 0 amide bonds. The van der Waals surface area contributed by atoms with E-state index in [4.69, 9.17) is 11.1 Å². The second-order valence-electron chi connectivity index (χ2n) is 4.23. The van der Waals surface area contributed by atoms with Crippen LogP contribution in [0.5, 0.6) is 0 Å². The average molecular weight is 302 g/mol. The fourth-order valence-corrected chi connectivity index (χ4v) is 2.02. The molecule has 0 saturated carbocycles. The molecule has 5 heteroatoms. The van der Waals surface area contributed by atoms with Crippen LogP contribution in [0.4, 0.5) is 4.39 Å². The van der Waals surface area contributed by atoms with Crippen LogP contribution in [0.15, 0.2) is 22.7 Å². The zero-order valence-electron chi connectivity index (χ0n) is 10.0. The second kappa shape index (κ2) is 6.12. The fourth-order valence-electron chi connectivity index (χ4n) is 1.55. The largest absolute Gasteiger partial charge is 0.388 e. The molecular weight excluding hydrogens is 285 g/mol. The van der Waals surface area contributed by atoms with Crippen molar-refractivity contribution in [3.8, 4) is 0 Å². The van der Waals surface area contributed by atoms with Gasteiger partial charge in [0.2, 0.25) is 0 Å². The minimum absolute atomic E-state index is 0.183. The molecule has 0 aliphatic rings. The zero-order valence-corrected chi connectivity index (χ0v) is 11.6. The van der Waals surface area contributed by atoms with Gasteiger partial charge in [0.1, 0.15) is 5.82 Å². The van der Waals surface area contributed by atoms with Gasteiger partial charge in [0.05, 0.1) is 5.84 Å². The maximum atomic E-state index is 12.9. The van der Waals surface area contributed by atoms with E-state index in [2.05, 4.69) is 20.8 Å². The molecule has 0 spiro atoms. The first kappa shape index (κ1) is 14.1. The first-order chi connectivity index (χ1) is 7.90. The molecular formula is C12H17BrFN3. The highest BCUT2D eigenvalue weighted by atomic mass is 79.9. The van der Waals surface area contributed by atoms with E-state index in [9.17, 15) is 4.39 Å². The van der Waals surface area contributed by atoms with Crippen LogP contribution in [-0.2, 0) is 6.54 Å². The first-order valence-electron chi connectivity index (χ1n) is 5.37. The second-order valence-corrected chi connectivity index (χ2v) is 5.08. The molecule has 94 valence electrons. The predicted octanol–water partition coefficient (Wildman–Crippen LogP) is 2.73. The van der Waals surface area contributed by atoms with Crippen LogP contribution < -0.4 is 5.73 Å². The Morgan fingerprint density at radius 1 is 1.59 bits per heavy atom. The Kier molecular flexibility index (Phi) is 5.08. The van der Waals surface area contributed by atoms with Gasteiger partial charge in [-0.3, -0.25) is 10.3 Å². The zero-order chi connectivity index (χ0) is 13.0. The molecule has 0 aliphatic heterocycles. The summed E-state index contributed by atoms with van der Waals surface area (Å²) in [5, 5.41) is 7.26. The number of hydrogen-bond acceptors (Lipinski definition) is 2. The summed E-state index contributed by atoms with van der Waals surface area (Å²) in [4.78, 5) is 2.08. The molecule has 3 nitrogen and oxygen atoms in total. The summed E-state index contributed by atoms with van der Waals surface area (Å²) < 4.78 is 13.7. The lowest BCUT2D eigenvalue weighted by molar-refractivity contribution is 0.254. The van der Waals surface area contributed by atoms with Crippen molar-refractivity contribution in [2.45, 2.75) is 25.9 Å². The van der Waals surface area contributed by atoms with E-state index in [-0.39, 0.29) is 17.7 Å². The van der Waals surface area contributed by atoms with Gasteiger partial charge in [-0.05, 0) is 31.7 Å². The quantitative estimate of drug-likeness (QED) is 0.649. The van der Waals surface area contributed by atoms with E-state index < -0.39 is 0 Å².